The molecule has 0 aromatic heterocycles. The van der Waals surface area contributed by atoms with Crippen LogP contribution < -0.4 is 0 Å². The highest BCUT2D eigenvalue weighted by atomic mass is 28.4. The second-order valence-corrected chi connectivity index (χ2v) is 19.1. The normalized spacial score (nSPS) is 27.9. The van der Waals surface area contributed by atoms with E-state index in [0.717, 1.165) is 6.42 Å². The summed E-state index contributed by atoms with van der Waals surface area (Å²) in [6.45, 7) is 26.6. The van der Waals surface area contributed by atoms with Gasteiger partial charge in [0.05, 0.1) is 5.60 Å². The molecule has 0 amide bonds. The lowest BCUT2D eigenvalue weighted by Crippen LogP contribution is -2.50. The van der Waals surface area contributed by atoms with Crippen molar-refractivity contribution in [3.8, 4) is 0 Å². The van der Waals surface area contributed by atoms with E-state index in [0.29, 0.717) is 24.7 Å². The minimum Gasteiger partial charge on any atom is -0.414 e. The van der Waals surface area contributed by atoms with Crippen molar-refractivity contribution in [3.63, 3.8) is 0 Å². The first-order chi connectivity index (χ1) is 14.9. The Hall–Kier alpha value is -0.163. The number of rotatable bonds is 10. The highest BCUT2D eigenvalue weighted by Gasteiger charge is 2.52. The molecule has 194 valence electrons. The summed E-state index contributed by atoms with van der Waals surface area (Å²) in [4.78, 5) is 0. The maximum atomic E-state index is 7.08. The van der Waals surface area contributed by atoms with Gasteiger partial charge < -0.3 is 13.9 Å². The zero-order chi connectivity index (χ0) is 25.3. The van der Waals surface area contributed by atoms with Crippen molar-refractivity contribution >= 4 is 8.32 Å². The number of ether oxygens (including phenoxy) is 2. The number of hydrogen-bond donors (Lipinski definition) is 0. The van der Waals surface area contributed by atoms with Gasteiger partial charge in [0, 0.05) is 13.2 Å². The van der Waals surface area contributed by atoms with Gasteiger partial charge in [-0.2, -0.15) is 0 Å². The Morgan fingerprint density at radius 1 is 1.09 bits per heavy atom. The molecule has 4 atom stereocenters. The number of methoxy groups -OCH3 is 1. The van der Waals surface area contributed by atoms with Crippen LogP contribution in [0, 0.1) is 22.7 Å². The summed E-state index contributed by atoms with van der Waals surface area (Å²) in [5.41, 5.74) is 2.14. The van der Waals surface area contributed by atoms with Gasteiger partial charge in [-0.1, -0.05) is 66.5 Å². The van der Waals surface area contributed by atoms with Crippen LogP contribution in [0.25, 0.3) is 0 Å². The van der Waals surface area contributed by atoms with Crippen LogP contribution in [-0.4, -0.2) is 33.9 Å². The van der Waals surface area contributed by atoms with Gasteiger partial charge in [0.15, 0.2) is 8.32 Å². The van der Waals surface area contributed by atoms with Crippen LogP contribution in [0.5, 0.6) is 0 Å². The summed E-state index contributed by atoms with van der Waals surface area (Å²) in [7, 11) is -0.0753. The fourth-order valence-electron chi connectivity index (χ4n) is 6.04. The van der Waals surface area contributed by atoms with Crippen LogP contribution in [0.3, 0.4) is 0 Å². The first-order valence-corrected chi connectivity index (χ1v) is 16.4. The van der Waals surface area contributed by atoms with E-state index in [4.69, 9.17) is 13.9 Å². The van der Waals surface area contributed by atoms with Crippen molar-refractivity contribution in [1.29, 1.82) is 0 Å². The third-order valence-electron chi connectivity index (χ3n) is 9.22. The van der Waals surface area contributed by atoms with Gasteiger partial charge in [-0.3, -0.25) is 0 Å². The highest BCUT2D eigenvalue weighted by molar-refractivity contribution is 6.74. The first-order valence-electron chi connectivity index (χ1n) is 13.5. The number of allylic oxidation sites excluding steroid dienone is 2. The van der Waals surface area contributed by atoms with Crippen molar-refractivity contribution in [3.05, 3.63) is 11.6 Å². The van der Waals surface area contributed by atoms with Gasteiger partial charge in [0.25, 0.3) is 0 Å². The monoisotopic (exact) mass is 480 g/mol. The number of hydrogen-bond acceptors (Lipinski definition) is 3. The van der Waals surface area contributed by atoms with E-state index in [-0.39, 0.29) is 21.5 Å². The molecule has 0 aromatic carbocycles. The molecule has 0 bridgehead atoms. The smallest absolute Gasteiger partial charge is 0.192 e. The molecule has 33 heavy (non-hydrogen) atoms. The second kappa shape index (κ2) is 10.4. The Kier molecular flexibility index (Phi) is 9.20. The summed E-state index contributed by atoms with van der Waals surface area (Å²) >= 11 is 0. The zero-order valence-corrected chi connectivity index (χ0v) is 25.2. The van der Waals surface area contributed by atoms with Crippen molar-refractivity contribution in [2.24, 2.45) is 22.7 Å². The fourth-order valence-corrected chi connectivity index (χ4v) is 7.43. The highest BCUT2D eigenvalue weighted by Crippen LogP contribution is 2.59. The molecule has 1 fully saturated rings. The Balaban J connectivity index is 2.17. The van der Waals surface area contributed by atoms with Crippen molar-refractivity contribution in [2.75, 3.05) is 13.9 Å². The van der Waals surface area contributed by atoms with Crippen LogP contribution >= 0.6 is 0 Å². The Labute approximate surface area is 207 Å². The lowest BCUT2D eigenvalue weighted by atomic mass is 9.59. The summed E-state index contributed by atoms with van der Waals surface area (Å²) in [5, 5.41) is 0.265. The average Bonchev–Trinajstić information content (AvgIpc) is 2.99. The van der Waals surface area contributed by atoms with Crippen molar-refractivity contribution in [2.45, 2.75) is 137 Å². The minimum atomic E-state index is -1.77. The van der Waals surface area contributed by atoms with Gasteiger partial charge in [0.1, 0.15) is 6.79 Å². The third kappa shape index (κ3) is 6.95. The van der Waals surface area contributed by atoms with E-state index < -0.39 is 8.32 Å². The summed E-state index contributed by atoms with van der Waals surface area (Å²) in [6, 6.07) is 0. The molecule has 2 aliphatic rings. The SMILES string of the molecule is COCOC(C)(C)CCC[C@@H](C1=CC[C@H]2[C@@H](O[Si](C)(C)C(C)(C)C)CCC[C@]12C)C(C)(C)C. The predicted octanol–water partition coefficient (Wildman–Crippen LogP) is 8.75. The molecule has 0 spiro atoms. The molecular formula is C29H56O3Si. The standard InChI is InChI=1S/C29H56O3Si/c1-26(2,3)22(15-13-19-28(7,8)31-21-30-10)23-17-18-24-25(16-14-20-29(23,24)9)32-33(11,12)27(4,5)6/h17,22,24-25H,13-16,18-21H2,1-12H3/t22-,24-,25-,29+/m0/s1. The predicted molar refractivity (Wildman–Crippen MR) is 144 cm³/mol. The Morgan fingerprint density at radius 3 is 2.27 bits per heavy atom. The van der Waals surface area contributed by atoms with E-state index in [1.165, 1.54) is 38.5 Å². The van der Waals surface area contributed by atoms with Gasteiger partial charge in [-0.25, -0.2) is 0 Å². The molecule has 4 heteroatoms. The van der Waals surface area contributed by atoms with Crippen LogP contribution in [0.2, 0.25) is 18.1 Å². The Morgan fingerprint density at radius 2 is 1.73 bits per heavy atom. The van der Waals surface area contributed by atoms with E-state index >= 15 is 0 Å². The fraction of sp³-hybridized carbons (Fsp3) is 0.931. The maximum absolute atomic E-state index is 7.08. The lowest BCUT2D eigenvalue weighted by molar-refractivity contribution is -0.118. The lowest BCUT2D eigenvalue weighted by Gasteiger charge is -2.50. The molecule has 3 nitrogen and oxygen atoms in total. The molecule has 2 rings (SSSR count). The molecule has 0 radical (unpaired) electrons. The molecule has 0 N–H and O–H groups in total. The van der Waals surface area contributed by atoms with E-state index in [2.05, 4.69) is 81.5 Å². The van der Waals surface area contributed by atoms with Crippen LogP contribution in [0.1, 0.15) is 107 Å². The molecule has 2 aliphatic carbocycles. The summed E-state index contributed by atoms with van der Waals surface area (Å²) < 4.78 is 18.1. The topological polar surface area (TPSA) is 27.7 Å². The first kappa shape index (κ1) is 29.1. The molecular weight excluding hydrogens is 424 g/mol. The minimum absolute atomic E-state index is 0.137. The van der Waals surface area contributed by atoms with Gasteiger partial charge >= 0.3 is 0 Å². The largest absolute Gasteiger partial charge is 0.414 e. The van der Waals surface area contributed by atoms with Gasteiger partial charge in [-0.05, 0) is 93.2 Å². The second-order valence-electron chi connectivity index (χ2n) is 14.3. The quantitative estimate of drug-likeness (QED) is 0.178. The average molecular weight is 481 g/mol. The van der Waals surface area contributed by atoms with Gasteiger partial charge in [-0.15, -0.1) is 0 Å². The number of fused-ring (bicyclic) bond motifs is 1. The van der Waals surface area contributed by atoms with E-state index in [9.17, 15) is 0 Å². The third-order valence-corrected chi connectivity index (χ3v) is 13.7. The van der Waals surface area contributed by atoms with E-state index in [1.54, 1.807) is 12.7 Å². The summed E-state index contributed by atoms with van der Waals surface area (Å²) in [5.74, 6) is 1.25. The van der Waals surface area contributed by atoms with Gasteiger partial charge in [0.2, 0.25) is 0 Å². The molecule has 0 aromatic rings. The van der Waals surface area contributed by atoms with E-state index in [1.807, 2.05) is 0 Å². The molecule has 0 saturated heterocycles. The molecule has 0 heterocycles. The molecule has 1 saturated carbocycles. The van der Waals surface area contributed by atoms with Crippen LogP contribution in [0.15, 0.2) is 11.6 Å². The van der Waals surface area contributed by atoms with Crippen molar-refractivity contribution < 1.29 is 13.9 Å². The molecule has 0 aliphatic heterocycles. The van der Waals surface area contributed by atoms with Crippen LogP contribution in [-0.2, 0) is 13.9 Å². The van der Waals surface area contributed by atoms with Crippen LogP contribution in [0.4, 0.5) is 0 Å². The zero-order valence-electron chi connectivity index (χ0n) is 24.2. The van der Waals surface area contributed by atoms with Crippen molar-refractivity contribution in [1.82, 2.24) is 0 Å². The maximum Gasteiger partial charge on any atom is 0.192 e. The molecule has 0 unspecified atom stereocenters. The Bertz CT molecular complexity index is 667. The summed E-state index contributed by atoms with van der Waals surface area (Å²) in [6.07, 6.45) is 11.6.